The molecule has 0 spiro atoms. The second-order valence-electron chi connectivity index (χ2n) is 2.10. The Balaban J connectivity index is 2.83. The van der Waals surface area contributed by atoms with Gasteiger partial charge in [0.05, 0.1) is 0 Å². The highest BCUT2D eigenvalue weighted by atomic mass is 19.1. The minimum atomic E-state index is -1.14. The Bertz CT molecular complexity index is 225. The summed E-state index contributed by atoms with van der Waals surface area (Å²) in [5.74, 6) is 0.287. The van der Waals surface area contributed by atoms with Gasteiger partial charge in [-0.3, -0.25) is 0 Å². The van der Waals surface area contributed by atoms with E-state index in [1.54, 1.807) is 0 Å². The van der Waals surface area contributed by atoms with Gasteiger partial charge in [0, 0.05) is 6.54 Å². The number of nitrogens with zero attached hydrogens (tertiary/aromatic N) is 3. The van der Waals surface area contributed by atoms with Gasteiger partial charge in [-0.2, -0.15) is 5.10 Å². The molecule has 0 radical (unpaired) electrons. The van der Waals surface area contributed by atoms with Crippen LogP contribution in [0.2, 0.25) is 0 Å². The second kappa shape index (κ2) is 3.43. The van der Waals surface area contributed by atoms with Crippen molar-refractivity contribution in [3.8, 4) is 0 Å². The molecule has 0 saturated heterocycles. The smallest absolute Gasteiger partial charge is 0.158 e. The number of halogens is 1. The summed E-state index contributed by atoms with van der Waals surface area (Å²) in [5.41, 5.74) is 0. The third-order valence-corrected chi connectivity index (χ3v) is 1.39. The number of aliphatic hydroxyl groups is 1. The molecule has 5 heteroatoms. The first-order valence-electron chi connectivity index (χ1n) is 3.41. The fraction of sp³-hybridized carbons (Fsp3) is 0.667. The van der Waals surface area contributed by atoms with E-state index in [4.69, 9.17) is 5.11 Å². The predicted octanol–water partition coefficient (Wildman–Crippen LogP) is 0.301. The lowest BCUT2D eigenvalue weighted by atomic mass is 10.4. The van der Waals surface area contributed by atoms with E-state index in [-0.39, 0.29) is 5.82 Å². The van der Waals surface area contributed by atoms with Gasteiger partial charge in [-0.15, -0.1) is 0 Å². The standard InChI is InChI=1S/C6H10FN3O/c1-2-10-6(5(11)3-7)8-4-9-10/h4-5,11H,2-3H2,1H3. The number of aryl methyl sites for hydroxylation is 1. The molecule has 4 nitrogen and oxygen atoms in total. The van der Waals surface area contributed by atoms with Crippen molar-refractivity contribution < 1.29 is 9.50 Å². The zero-order chi connectivity index (χ0) is 8.27. The number of hydrogen-bond donors (Lipinski definition) is 1. The van der Waals surface area contributed by atoms with Gasteiger partial charge >= 0.3 is 0 Å². The van der Waals surface area contributed by atoms with Crippen molar-refractivity contribution in [2.45, 2.75) is 19.6 Å². The Labute approximate surface area is 63.7 Å². The summed E-state index contributed by atoms with van der Waals surface area (Å²) in [6.07, 6.45) is 0.162. The van der Waals surface area contributed by atoms with E-state index < -0.39 is 12.8 Å². The van der Waals surface area contributed by atoms with Crippen molar-refractivity contribution in [3.05, 3.63) is 12.2 Å². The lowest BCUT2D eigenvalue weighted by Gasteiger charge is -2.05. The maximum absolute atomic E-state index is 11.9. The molecule has 0 aliphatic heterocycles. The van der Waals surface area contributed by atoms with E-state index in [0.29, 0.717) is 6.54 Å². The Morgan fingerprint density at radius 2 is 2.55 bits per heavy atom. The minimum absolute atomic E-state index is 0.287. The normalized spacial score (nSPS) is 13.4. The molecule has 11 heavy (non-hydrogen) atoms. The number of aromatic nitrogens is 3. The first-order chi connectivity index (χ1) is 5.29. The third-order valence-electron chi connectivity index (χ3n) is 1.39. The molecule has 0 fully saturated rings. The molecule has 1 rings (SSSR count). The van der Waals surface area contributed by atoms with E-state index in [1.165, 1.54) is 11.0 Å². The van der Waals surface area contributed by atoms with Crippen LogP contribution in [0.15, 0.2) is 6.33 Å². The monoisotopic (exact) mass is 159 g/mol. The van der Waals surface area contributed by atoms with E-state index in [9.17, 15) is 4.39 Å². The van der Waals surface area contributed by atoms with Crippen LogP contribution in [0.25, 0.3) is 0 Å². The molecule has 1 aromatic rings. The zero-order valence-corrected chi connectivity index (χ0v) is 6.24. The molecule has 1 aromatic heterocycles. The summed E-state index contributed by atoms with van der Waals surface area (Å²) in [7, 11) is 0. The summed E-state index contributed by atoms with van der Waals surface area (Å²) in [6.45, 7) is 1.62. The van der Waals surface area contributed by atoms with Gasteiger partial charge in [0.15, 0.2) is 5.82 Å². The first-order valence-corrected chi connectivity index (χ1v) is 3.41. The van der Waals surface area contributed by atoms with Crippen LogP contribution in [-0.4, -0.2) is 26.5 Å². The van der Waals surface area contributed by atoms with Crippen LogP contribution < -0.4 is 0 Å². The molecule has 1 N–H and O–H groups in total. The fourth-order valence-corrected chi connectivity index (χ4v) is 0.844. The molecule has 0 amide bonds. The van der Waals surface area contributed by atoms with Gasteiger partial charge in [-0.05, 0) is 6.92 Å². The average Bonchev–Trinajstić information content (AvgIpc) is 2.50. The highest BCUT2D eigenvalue weighted by Crippen LogP contribution is 2.08. The molecule has 1 atom stereocenters. The number of alkyl halides is 1. The number of rotatable bonds is 3. The lowest BCUT2D eigenvalue weighted by Crippen LogP contribution is -2.10. The Morgan fingerprint density at radius 1 is 1.82 bits per heavy atom. The third kappa shape index (κ3) is 1.54. The van der Waals surface area contributed by atoms with E-state index in [2.05, 4.69) is 10.1 Å². The van der Waals surface area contributed by atoms with Crippen LogP contribution in [0.3, 0.4) is 0 Å². The molecular weight excluding hydrogens is 149 g/mol. The van der Waals surface area contributed by atoms with Crippen LogP contribution in [0, 0.1) is 0 Å². The highest BCUT2D eigenvalue weighted by molar-refractivity contribution is 4.89. The molecule has 0 bridgehead atoms. The van der Waals surface area contributed by atoms with E-state index in [1.807, 2.05) is 6.92 Å². The van der Waals surface area contributed by atoms with Gasteiger partial charge in [0.25, 0.3) is 0 Å². The van der Waals surface area contributed by atoms with Gasteiger partial charge < -0.3 is 5.11 Å². The van der Waals surface area contributed by atoms with Crippen LogP contribution in [0.4, 0.5) is 4.39 Å². The quantitative estimate of drug-likeness (QED) is 0.690. The summed E-state index contributed by atoms with van der Waals surface area (Å²) < 4.78 is 13.4. The number of hydrogen-bond acceptors (Lipinski definition) is 3. The molecular formula is C6H10FN3O. The Morgan fingerprint density at radius 3 is 3.09 bits per heavy atom. The first kappa shape index (κ1) is 8.13. The van der Waals surface area contributed by atoms with Crippen LogP contribution in [0.5, 0.6) is 0 Å². The molecule has 62 valence electrons. The number of aliphatic hydroxyl groups excluding tert-OH is 1. The van der Waals surface area contributed by atoms with Crippen LogP contribution >= 0.6 is 0 Å². The Hall–Kier alpha value is -0.970. The highest BCUT2D eigenvalue weighted by Gasteiger charge is 2.12. The van der Waals surface area contributed by atoms with Crippen molar-refractivity contribution in [2.75, 3.05) is 6.67 Å². The summed E-state index contributed by atoms with van der Waals surface area (Å²) in [6, 6.07) is 0. The molecule has 1 unspecified atom stereocenters. The van der Waals surface area contributed by atoms with Crippen molar-refractivity contribution in [1.82, 2.24) is 14.8 Å². The summed E-state index contributed by atoms with van der Waals surface area (Å²) >= 11 is 0. The molecule has 0 aliphatic carbocycles. The topological polar surface area (TPSA) is 50.9 Å². The molecule has 0 saturated carbocycles. The average molecular weight is 159 g/mol. The summed E-state index contributed by atoms with van der Waals surface area (Å²) in [5, 5.41) is 12.8. The van der Waals surface area contributed by atoms with Crippen LogP contribution in [0.1, 0.15) is 18.9 Å². The zero-order valence-electron chi connectivity index (χ0n) is 6.24. The maximum atomic E-state index is 11.9. The van der Waals surface area contributed by atoms with Crippen molar-refractivity contribution in [2.24, 2.45) is 0 Å². The molecule has 1 heterocycles. The van der Waals surface area contributed by atoms with Gasteiger partial charge in [0.2, 0.25) is 0 Å². The van der Waals surface area contributed by atoms with Crippen molar-refractivity contribution in [3.63, 3.8) is 0 Å². The minimum Gasteiger partial charge on any atom is -0.382 e. The SMILES string of the molecule is CCn1ncnc1C(O)CF. The van der Waals surface area contributed by atoms with Gasteiger partial charge in [-0.25, -0.2) is 14.1 Å². The van der Waals surface area contributed by atoms with E-state index in [0.717, 1.165) is 0 Å². The van der Waals surface area contributed by atoms with Crippen molar-refractivity contribution in [1.29, 1.82) is 0 Å². The maximum Gasteiger partial charge on any atom is 0.158 e. The predicted molar refractivity (Wildman–Crippen MR) is 36.6 cm³/mol. The van der Waals surface area contributed by atoms with E-state index >= 15 is 0 Å². The largest absolute Gasteiger partial charge is 0.382 e. The molecule has 0 aromatic carbocycles. The molecule has 0 aliphatic rings. The van der Waals surface area contributed by atoms with Gasteiger partial charge in [-0.1, -0.05) is 0 Å². The van der Waals surface area contributed by atoms with Crippen molar-refractivity contribution >= 4 is 0 Å². The van der Waals surface area contributed by atoms with Crippen LogP contribution in [-0.2, 0) is 6.54 Å². The summed E-state index contributed by atoms with van der Waals surface area (Å²) in [4.78, 5) is 3.72. The fourth-order valence-electron chi connectivity index (χ4n) is 0.844. The lowest BCUT2D eigenvalue weighted by molar-refractivity contribution is 0.128. The van der Waals surface area contributed by atoms with Gasteiger partial charge in [0.1, 0.15) is 19.1 Å². The Kier molecular flexibility index (Phi) is 2.53. The second-order valence-corrected chi connectivity index (χ2v) is 2.10.